The predicted molar refractivity (Wildman–Crippen MR) is 80.9 cm³/mol. The van der Waals surface area contributed by atoms with Crippen LogP contribution in [-0.2, 0) is 4.79 Å². The van der Waals surface area contributed by atoms with Gasteiger partial charge in [0.05, 0.1) is 5.69 Å². The fraction of sp³-hybridized carbons (Fsp3) is 0. The quantitative estimate of drug-likeness (QED) is 0.514. The largest absolute Gasteiger partial charge is 0.421 e. The van der Waals surface area contributed by atoms with Crippen LogP contribution in [0.5, 0.6) is 5.75 Å². The third kappa shape index (κ3) is 3.70. The molecule has 5 nitrogen and oxygen atoms in total. The lowest BCUT2D eigenvalue weighted by atomic mass is 10.0. The van der Waals surface area contributed by atoms with Crippen molar-refractivity contribution in [2.24, 2.45) is 5.73 Å². The van der Waals surface area contributed by atoms with Crippen molar-refractivity contribution in [2.75, 3.05) is 5.32 Å². The summed E-state index contributed by atoms with van der Waals surface area (Å²) < 4.78 is 5.06. The van der Waals surface area contributed by atoms with Gasteiger partial charge in [-0.2, -0.15) is 0 Å². The number of ether oxygens (including phenoxy) is 1. The van der Waals surface area contributed by atoms with E-state index in [9.17, 15) is 9.59 Å². The normalized spacial score (nSPS) is 9.71. The molecule has 0 aliphatic rings. The Hall–Kier alpha value is -3.08. The SMILES string of the molecule is C=CC(=O)Oc1ccc(-c2ccccc2)cc1NC(N)=O. The molecule has 2 rings (SSSR count). The number of carbonyl (C=O) groups is 2. The Balaban J connectivity index is 2.41. The van der Waals surface area contributed by atoms with Gasteiger partial charge in [-0.1, -0.05) is 43.0 Å². The minimum Gasteiger partial charge on any atom is -0.421 e. The highest BCUT2D eigenvalue weighted by Gasteiger charge is 2.10. The molecule has 0 aromatic heterocycles. The Labute approximate surface area is 122 Å². The third-order valence-electron chi connectivity index (χ3n) is 2.72. The smallest absolute Gasteiger partial charge is 0.335 e. The highest BCUT2D eigenvalue weighted by molar-refractivity contribution is 5.92. The van der Waals surface area contributed by atoms with E-state index in [4.69, 9.17) is 10.5 Å². The number of benzene rings is 2. The second-order valence-electron chi connectivity index (χ2n) is 4.19. The van der Waals surface area contributed by atoms with Crippen molar-refractivity contribution in [3.05, 3.63) is 61.2 Å². The first-order valence-corrected chi connectivity index (χ1v) is 6.20. The van der Waals surface area contributed by atoms with Gasteiger partial charge in [0.1, 0.15) is 0 Å². The molecule has 0 fully saturated rings. The number of primary amides is 1. The van der Waals surface area contributed by atoms with E-state index in [1.165, 1.54) is 0 Å². The molecular weight excluding hydrogens is 268 g/mol. The Morgan fingerprint density at radius 2 is 1.81 bits per heavy atom. The summed E-state index contributed by atoms with van der Waals surface area (Å²) in [6.07, 6.45) is 1.04. The Morgan fingerprint density at radius 1 is 1.10 bits per heavy atom. The Bertz CT molecular complexity index is 681. The zero-order chi connectivity index (χ0) is 15.2. The summed E-state index contributed by atoms with van der Waals surface area (Å²) in [6.45, 7) is 3.33. The van der Waals surface area contributed by atoms with Crippen LogP contribution in [-0.4, -0.2) is 12.0 Å². The van der Waals surface area contributed by atoms with Crippen molar-refractivity contribution in [3.8, 4) is 16.9 Å². The average Bonchev–Trinajstić information content (AvgIpc) is 2.49. The summed E-state index contributed by atoms with van der Waals surface area (Å²) in [7, 11) is 0. The summed E-state index contributed by atoms with van der Waals surface area (Å²) in [5.74, 6) is -0.409. The van der Waals surface area contributed by atoms with Gasteiger partial charge in [0.15, 0.2) is 5.75 Å². The lowest BCUT2D eigenvalue weighted by Gasteiger charge is -2.11. The van der Waals surface area contributed by atoms with Crippen molar-refractivity contribution >= 4 is 17.7 Å². The second kappa shape index (κ2) is 6.38. The van der Waals surface area contributed by atoms with E-state index < -0.39 is 12.0 Å². The molecule has 0 heterocycles. The van der Waals surface area contributed by atoms with Crippen LogP contribution in [0.15, 0.2) is 61.2 Å². The van der Waals surface area contributed by atoms with Crippen molar-refractivity contribution in [3.63, 3.8) is 0 Å². The molecule has 0 saturated carbocycles. The van der Waals surface area contributed by atoms with Gasteiger partial charge in [0.2, 0.25) is 0 Å². The Kier molecular flexibility index (Phi) is 4.36. The fourth-order valence-corrected chi connectivity index (χ4v) is 1.81. The number of carbonyl (C=O) groups excluding carboxylic acids is 2. The van der Waals surface area contributed by atoms with Crippen molar-refractivity contribution in [1.29, 1.82) is 0 Å². The topological polar surface area (TPSA) is 81.4 Å². The van der Waals surface area contributed by atoms with E-state index in [1.54, 1.807) is 18.2 Å². The maximum atomic E-state index is 11.3. The van der Waals surface area contributed by atoms with Gasteiger partial charge in [-0.3, -0.25) is 0 Å². The van der Waals surface area contributed by atoms with Crippen LogP contribution in [0.4, 0.5) is 10.5 Å². The summed E-state index contributed by atoms with van der Waals surface area (Å²) in [4.78, 5) is 22.4. The van der Waals surface area contributed by atoms with E-state index in [2.05, 4.69) is 11.9 Å². The van der Waals surface area contributed by atoms with E-state index in [0.717, 1.165) is 17.2 Å². The number of urea groups is 1. The maximum Gasteiger partial charge on any atom is 0.335 e. The molecule has 0 saturated heterocycles. The second-order valence-corrected chi connectivity index (χ2v) is 4.19. The molecule has 0 aliphatic carbocycles. The van der Waals surface area contributed by atoms with Crippen LogP contribution in [0.1, 0.15) is 0 Å². The molecular formula is C16H14N2O3. The van der Waals surface area contributed by atoms with Gasteiger partial charge in [-0.25, -0.2) is 9.59 Å². The Morgan fingerprint density at radius 3 is 2.43 bits per heavy atom. The van der Waals surface area contributed by atoms with Crippen LogP contribution in [0.25, 0.3) is 11.1 Å². The summed E-state index contributed by atoms with van der Waals surface area (Å²) in [6, 6.07) is 13.9. The van der Waals surface area contributed by atoms with Gasteiger partial charge in [0.25, 0.3) is 0 Å². The first kappa shape index (κ1) is 14.3. The first-order chi connectivity index (χ1) is 10.1. The van der Waals surface area contributed by atoms with Crippen molar-refractivity contribution in [1.82, 2.24) is 0 Å². The van der Waals surface area contributed by atoms with E-state index in [0.29, 0.717) is 5.69 Å². The van der Waals surface area contributed by atoms with Crippen LogP contribution in [0.3, 0.4) is 0 Å². The average molecular weight is 282 g/mol. The minimum atomic E-state index is -0.740. The molecule has 0 radical (unpaired) electrons. The van der Waals surface area contributed by atoms with Gasteiger partial charge in [0, 0.05) is 6.08 Å². The number of hydrogen-bond acceptors (Lipinski definition) is 3. The number of rotatable bonds is 4. The van der Waals surface area contributed by atoms with Gasteiger partial charge in [-0.15, -0.1) is 0 Å². The number of nitrogens with one attached hydrogen (secondary N) is 1. The van der Waals surface area contributed by atoms with Gasteiger partial charge in [-0.05, 0) is 23.3 Å². The standard InChI is InChI=1S/C16H14N2O3/c1-2-15(19)21-14-9-8-12(10-13(14)18-16(17)20)11-6-4-3-5-7-11/h2-10H,1H2,(H3,17,18,20). The summed E-state index contributed by atoms with van der Waals surface area (Å²) >= 11 is 0. The maximum absolute atomic E-state index is 11.3. The molecule has 0 bridgehead atoms. The number of anilines is 1. The first-order valence-electron chi connectivity index (χ1n) is 6.20. The number of esters is 1. The molecule has 0 aliphatic heterocycles. The van der Waals surface area contributed by atoms with Crippen LogP contribution in [0, 0.1) is 0 Å². The van der Waals surface area contributed by atoms with Crippen LogP contribution >= 0.6 is 0 Å². The van der Waals surface area contributed by atoms with E-state index >= 15 is 0 Å². The van der Waals surface area contributed by atoms with Crippen LogP contribution in [0.2, 0.25) is 0 Å². The van der Waals surface area contributed by atoms with Crippen molar-refractivity contribution in [2.45, 2.75) is 0 Å². The molecule has 106 valence electrons. The lowest BCUT2D eigenvalue weighted by Crippen LogP contribution is -2.20. The molecule has 21 heavy (non-hydrogen) atoms. The number of hydrogen-bond donors (Lipinski definition) is 2. The zero-order valence-electron chi connectivity index (χ0n) is 11.2. The van der Waals surface area contributed by atoms with Crippen LogP contribution < -0.4 is 15.8 Å². The van der Waals surface area contributed by atoms with E-state index in [-0.39, 0.29) is 5.75 Å². The zero-order valence-corrected chi connectivity index (χ0v) is 11.2. The highest BCUT2D eigenvalue weighted by Crippen LogP contribution is 2.30. The van der Waals surface area contributed by atoms with E-state index in [1.807, 2.05) is 30.3 Å². The van der Waals surface area contributed by atoms with Gasteiger partial charge >= 0.3 is 12.0 Å². The molecule has 0 spiro atoms. The summed E-state index contributed by atoms with van der Waals surface area (Å²) in [5, 5.41) is 2.44. The molecule has 3 N–H and O–H groups in total. The highest BCUT2D eigenvalue weighted by atomic mass is 16.5. The molecule has 2 aromatic rings. The summed E-state index contributed by atoms with van der Waals surface area (Å²) in [5.41, 5.74) is 7.28. The molecule has 5 heteroatoms. The molecule has 2 aromatic carbocycles. The van der Waals surface area contributed by atoms with Gasteiger partial charge < -0.3 is 15.8 Å². The molecule has 0 atom stereocenters. The fourth-order valence-electron chi connectivity index (χ4n) is 1.81. The minimum absolute atomic E-state index is 0.207. The van der Waals surface area contributed by atoms with Crippen molar-refractivity contribution < 1.29 is 14.3 Å². The monoisotopic (exact) mass is 282 g/mol. The third-order valence-corrected chi connectivity index (χ3v) is 2.72. The molecule has 0 unspecified atom stereocenters. The lowest BCUT2D eigenvalue weighted by molar-refractivity contribution is -0.128. The predicted octanol–water partition coefficient (Wildman–Crippen LogP) is 2.94. The number of amides is 2. The number of nitrogens with two attached hydrogens (primary N) is 1. The molecule has 2 amide bonds.